The summed E-state index contributed by atoms with van der Waals surface area (Å²) in [6, 6.07) is 48.2. The summed E-state index contributed by atoms with van der Waals surface area (Å²) in [6.07, 6.45) is 0. The maximum Gasteiger partial charge on any atom is 0.330 e. The topological polar surface area (TPSA) is 122 Å². The zero-order chi connectivity index (χ0) is 44.6. The normalized spacial score (nSPS) is 18.8. The van der Waals surface area contributed by atoms with Crippen molar-refractivity contribution in [2.24, 2.45) is 0 Å². The van der Waals surface area contributed by atoms with Gasteiger partial charge in [0.2, 0.25) is 0 Å². The van der Waals surface area contributed by atoms with E-state index in [1.165, 1.54) is 0 Å². The molecule has 0 radical (unpaired) electrons. The van der Waals surface area contributed by atoms with Gasteiger partial charge >= 0.3 is 12.1 Å². The number of amides is 4. The minimum Gasteiger partial charge on any atom is -0.376 e. The lowest BCUT2D eigenvalue weighted by Gasteiger charge is -2.47. The van der Waals surface area contributed by atoms with Crippen LogP contribution in [0.15, 0.2) is 146 Å². The van der Waals surface area contributed by atoms with Crippen LogP contribution in [0.4, 0.5) is 43.7 Å². The lowest BCUT2D eigenvalue weighted by Crippen LogP contribution is -2.62. The summed E-state index contributed by atoms with van der Waals surface area (Å²) in [6.45, 7) is 20.2. The number of aryl methyl sites for hydroxylation is 2. The maximum atomic E-state index is 14.0. The number of hydrogen-bond acceptors (Lipinski definition) is 6. The molecular weight excluding hydrogens is 801 g/mol. The first-order valence-corrected chi connectivity index (χ1v) is 20.7. The van der Waals surface area contributed by atoms with E-state index in [-0.39, 0.29) is 24.1 Å². The van der Waals surface area contributed by atoms with Gasteiger partial charge in [-0.2, -0.15) is 10.5 Å². The first-order chi connectivity index (χ1) is 31.1. The molecule has 6 aromatic rings. The standard InChI is InChI=1S/2C26H20N4O2/c2*1-18-4-3-5-20(14-18)24-26(16-32-17-26)30(23-10-6-19(15-27)7-11-23)25(31)29(24)22-12-8-21(28-2)9-13-22/h2*3-14,24H,16-17H2,1H3/t2*24-/m10/s1. The molecule has 0 saturated carbocycles. The highest BCUT2D eigenvalue weighted by atomic mass is 16.5. The van der Waals surface area contributed by atoms with Gasteiger partial charge in [0, 0.05) is 22.7 Å². The van der Waals surface area contributed by atoms with E-state index in [1.54, 1.807) is 48.5 Å². The highest BCUT2D eigenvalue weighted by molar-refractivity contribution is 6.10. The van der Waals surface area contributed by atoms with Crippen LogP contribution in [-0.2, 0) is 9.47 Å². The van der Waals surface area contributed by atoms with E-state index in [0.29, 0.717) is 48.9 Å². The van der Waals surface area contributed by atoms with Crippen LogP contribution in [0.1, 0.15) is 45.5 Å². The van der Waals surface area contributed by atoms with Gasteiger partial charge in [-0.15, -0.1) is 0 Å². The van der Waals surface area contributed by atoms with Crippen LogP contribution in [0.5, 0.6) is 0 Å². The Kier molecular flexibility index (Phi) is 10.6. The quantitative estimate of drug-likeness (QED) is 0.154. The van der Waals surface area contributed by atoms with Crippen LogP contribution >= 0.6 is 0 Å². The molecule has 4 aliphatic rings. The molecule has 12 heteroatoms. The Morgan fingerprint density at radius 3 is 1.16 bits per heavy atom. The first kappa shape index (κ1) is 41.1. The number of ether oxygens (including phenoxy) is 2. The van der Waals surface area contributed by atoms with E-state index < -0.39 is 11.1 Å². The van der Waals surface area contributed by atoms with Crippen molar-refractivity contribution in [2.45, 2.75) is 37.0 Å². The van der Waals surface area contributed by atoms with Crippen LogP contribution < -0.4 is 19.6 Å². The molecule has 2 atom stereocenters. The summed E-state index contributed by atoms with van der Waals surface area (Å²) in [5.74, 6) is 0. The van der Waals surface area contributed by atoms with Crippen LogP contribution in [0, 0.1) is 49.7 Å². The summed E-state index contributed by atoms with van der Waals surface area (Å²) in [5.41, 5.74) is 8.22. The molecule has 2 spiro atoms. The number of urea groups is 2. The van der Waals surface area contributed by atoms with Crippen molar-refractivity contribution >= 4 is 46.2 Å². The summed E-state index contributed by atoms with van der Waals surface area (Å²) >= 11 is 0. The summed E-state index contributed by atoms with van der Waals surface area (Å²) < 4.78 is 11.4. The van der Waals surface area contributed by atoms with Crippen molar-refractivity contribution < 1.29 is 19.1 Å². The van der Waals surface area contributed by atoms with Gasteiger partial charge in [-0.3, -0.25) is 19.6 Å². The van der Waals surface area contributed by atoms with Crippen LogP contribution in [0.2, 0.25) is 0 Å². The lowest BCUT2D eigenvalue weighted by atomic mass is 9.82. The molecular formula is C52H40N8O4. The van der Waals surface area contributed by atoms with E-state index in [1.807, 2.05) is 118 Å². The Morgan fingerprint density at radius 2 is 0.875 bits per heavy atom. The molecule has 0 aromatic heterocycles. The molecule has 0 aliphatic carbocycles. The number of rotatable bonds is 6. The molecule has 0 N–H and O–H groups in total. The fourth-order valence-electron chi connectivity index (χ4n) is 9.34. The van der Waals surface area contributed by atoms with Gasteiger partial charge in [-0.25, -0.2) is 19.3 Å². The SMILES string of the molecule is [C-]#[N+]c1ccc(N2C(=O)N(c3ccc(C#N)cc3)C3(COC3)[C@@H]2c2cccc(C)c2)cc1.[C-]#[N+]c1ccc(N2C(=O)N(c3ccc(C#N)cc3)C3(COC3)[C@H]2c2cccc(C)c2)cc1. The molecule has 0 bridgehead atoms. The fourth-order valence-corrected chi connectivity index (χ4v) is 9.34. The number of anilines is 4. The van der Waals surface area contributed by atoms with Gasteiger partial charge < -0.3 is 9.47 Å². The zero-order valence-electron chi connectivity index (χ0n) is 35.1. The Bertz CT molecular complexity index is 2730. The Morgan fingerprint density at radius 1 is 0.531 bits per heavy atom. The van der Waals surface area contributed by atoms with Crippen LogP contribution in [0.3, 0.4) is 0 Å². The third kappa shape index (κ3) is 6.85. The monoisotopic (exact) mass is 840 g/mol. The van der Waals surface area contributed by atoms with E-state index in [9.17, 15) is 20.1 Å². The highest BCUT2D eigenvalue weighted by Crippen LogP contribution is 2.53. The molecule has 4 amide bonds. The fraction of sp³-hybridized carbons (Fsp3) is 0.192. The van der Waals surface area contributed by atoms with Crippen LogP contribution in [-0.4, -0.2) is 49.6 Å². The highest BCUT2D eigenvalue weighted by Gasteiger charge is 2.64. The molecule has 4 aliphatic heterocycles. The predicted octanol–water partition coefficient (Wildman–Crippen LogP) is 10.7. The van der Waals surface area contributed by atoms with Crippen molar-refractivity contribution in [1.29, 1.82) is 10.5 Å². The number of benzene rings is 6. The number of nitrogens with zero attached hydrogens (tertiary/aromatic N) is 8. The molecule has 12 nitrogen and oxygen atoms in total. The molecule has 10 rings (SSSR count). The minimum atomic E-state index is -0.572. The maximum absolute atomic E-state index is 14.0. The molecule has 0 unspecified atom stereocenters. The van der Waals surface area contributed by atoms with Gasteiger partial charge in [0.15, 0.2) is 11.4 Å². The summed E-state index contributed by atoms with van der Waals surface area (Å²) in [4.78, 5) is 42.1. The van der Waals surface area contributed by atoms with Crippen molar-refractivity contribution in [2.75, 3.05) is 46.0 Å². The third-order valence-electron chi connectivity index (χ3n) is 12.4. The summed E-state index contributed by atoms with van der Waals surface area (Å²) in [5, 5.41) is 18.4. The molecule has 4 saturated heterocycles. The second kappa shape index (κ2) is 16.5. The average molecular weight is 841 g/mol. The van der Waals surface area contributed by atoms with Gasteiger partial charge in [0.1, 0.15) is 11.1 Å². The van der Waals surface area contributed by atoms with E-state index in [4.69, 9.17) is 22.6 Å². The van der Waals surface area contributed by atoms with E-state index in [2.05, 4.69) is 34.0 Å². The Balaban J connectivity index is 0.000000162. The largest absolute Gasteiger partial charge is 0.376 e. The second-order valence-corrected chi connectivity index (χ2v) is 16.4. The minimum absolute atomic E-state index is 0.153. The Labute approximate surface area is 371 Å². The number of nitriles is 2. The van der Waals surface area contributed by atoms with E-state index in [0.717, 1.165) is 45.0 Å². The van der Waals surface area contributed by atoms with Crippen molar-refractivity contribution in [3.05, 3.63) is 202 Å². The van der Waals surface area contributed by atoms with Crippen molar-refractivity contribution in [3.8, 4) is 12.1 Å². The first-order valence-electron chi connectivity index (χ1n) is 20.7. The third-order valence-corrected chi connectivity index (χ3v) is 12.4. The molecule has 6 aromatic carbocycles. The molecule has 64 heavy (non-hydrogen) atoms. The smallest absolute Gasteiger partial charge is 0.330 e. The lowest BCUT2D eigenvalue weighted by molar-refractivity contribution is -0.0580. The number of carbonyl (C=O) groups excluding carboxylic acids is 2. The zero-order valence-corrected chi connectivity index (χ0v) is 35.1. The summed E-state index contributed by atoms with van der Waals surface area (Å²) in [7, 11) is 0. The molecule has 4 heterocycles. The van der Waals surface area contributed by atoms with Crippen LogP contribution in [0.25, 0.3) is 9.69 Å². The predicted molar refractivity (Wildman–Crippen MR) is 243 cm³/mol. The van der Waals surface area contributed by atoms with Crippen molar-refractivity contribution in [1.82, 2.24) is 0 Å². The molecule has 4 fully saturated rings. The van der Waals surface area contributed by atoms with E-state index >= 15 is 0 Å². The second-order valence-electron chi connectivity index (χ2n) is 16.4. The van der Waals surface area contributed by atoms with Crippen molar-refractivity contribution in [3.63, 3.8) is 0 Å². The van der Waals surface area contributed by atoms with Gasteiger partial charge in [0.05, 0.1) is 74.9 Å². The van der Waals surface area contributed by atoms with Gasteiger partial charge in [-0.05, 0) is 97.8 Å². The van der Waals surface area contributed by atoms with Gasteiger partial charge in [0.25, 0.3) is 0 Å². The average Bonchev–Trinajstić information content (AvgIpc) is 3.76. The molecule has 312 valence electrons. The number of hydrogen-bond donors (Lipinski definition) is 0. The Hall–Kier alpha value is -8.26. The number of carbonyl (C=O) groups is 2. The van der Waals surface area contributed by atoms with Gasteiger partial charge in [-0.1, -0.05) is 83.9 Å².